The van der Waals surface area contributed by atoms with Crippen LogP contribution < -0.4 is 10.1 Å². The van der Waals surface area contributed by atoms with Gasteiger partial charge in [-0.15, -0.1) is 0 Å². The zero-order valence-electron chi connectivity index (χ0n) is 12.0. The van der Waals surface area contributed by atoms with Gasteiger partial charge in [0.05, 0.1) is 15.6 Å². The number of carbonyl (C=O) groups excluding carboxylic acids is 1. The molecule has 0 aliphatic rings. The zero-order valence-corrected chi connectivity index (χ0v) is 13.5. The molecule has 6 nitrogen and oxygen atoms in total. The Hall–Kier alpha value is -2.31. The molecule has 2 aromatic carbocycles. The van der Waals surface area contributed by atoms with E-state index < -0.39 is 16.9 Å². The summed E-state index contributed by atoms with van der Waals surface area (Å²) in [6.07, 6.45) is -0.827. The molecule has 0 aliphatic heterocycles. The zero-order chi connectivity index (χ0) is 17.0. The molecule has 0 heterocycles. The SMILES string of the molecule is C[C@H](Oc1ccc([N+](=O)[O-])cc1)C(=O)Nc1cc(Cl)ccc1Cl. The largest absolute Gasteiger partial charge is 0.481 e. The van der Waals surface area contributed by atoms with Gasteiger partial charge in [-0.25, -0.2) is 0 Å². The number of hydrogen-bond donors (Lipinski definition) is 1. The number of carbonyl (C=O) groups is 1. The molecule has 1 N–H and O–H groups in total. The molecule has 0 spiro atoms. The van der Waals surface area contributed by atoms with Crippen LogP contribution in [0, 0.1) is 10.1 Å². The number of nitrogens with zero attached hydrogens (tertiary/aromatic N) is 1. The second kappa shape index (κ2) is 7.30. The number of benzene rings is 2. The van der Waals surface area contributed by atoms with Crippen molar-refractivity contribution in [2.45, 2.75) is 13.0 Å². The topological polar surface area (TPSA) is 81.5 Å². The molecule has 2 rings (SSSR count). The molecule has 0 bridgehead atoms. The summed E-state index contributed by atoms with van der Waals surface area (Å²) in [5.74, 6) is -0.0806. The number of nitrogens with one attached hydrogen (secondary N) is 1. The van der Waals surface area contributed by atoms with Crippen LogP contribution in [0.3, 0.4) is 0 Å². The fraction of sp³-hybridized carbons (Fsp3) is 0.133. The predicted molar refractivity (Wildman–Crippen MR) is 88.3 cm³/mol. The Morgan fingerprint density at radius 1 is 1.22 bits per heavy atom. The monoisotopic (exact) mass is 354 g/mol. The van der Waals surface area contributed by atoms with E-state index in [2.05, 4.69) is 5.32 Å². The summed E-state index contributed by atoms with van der Waals surface area (Å²) < 4.78 is 5.44. The minimum atomic E-state index is -0.827. The summed E-state index contributed by atoms with van der Waals surface area (Å²) in [7, 11) is 0. The summed E-state index contributed by atoms with van der Waals surface area (Å²) in [5, 5.41) is 14.0. The normalized spacial score (nSPS) is 11.6. The molecule has 0 radical (unpaired) electrons. The van der Waals surface area contributed by atoms with E-state index in [9.17, 15) is 14.9 Å². The van der Waals surface area contributed by atoms with Gasteiger partial charge in [0.1, 0.15) is 5.75 Å². The van der Waals surface area contributed by atoms with Crippen molar-refractivity contribution in [2.75, 3.05) is 5.32 Å². The molecule has 23 heavy (non-hydrogen) atoms. The number of nitro benzene ring substituents is 1. The van der Waals surface area contributed by atoms with Crippen molar-refractivity contribution in [1.29, 1.82) is 0 Å². The van der Waals surface area contributed by atoms with Crippen molar-refractivity contribution in [3.63, 3.8) is 0 Å². The van der Waals surface area contributed by atoms with Crippen LogP contribution in [0.25, 0.3) is 0 Å². The van der Waals surface area contributed by atoms with Crippen LogP contribution in [-0.4, -0.2) is 16.9 Å². The first kappa shape index (κ1) is 17.1. The molecule has 0 saturated carbocycles. The highest BCUT2D eigenvalue weighted by molar-refractivity contribution is 6.35. The van der Waals surface area contributed by atoms with Gasteiger partial charge in [0.2, 0.25) is 0 Å². The van der Waals surface area contributed by atoms with Crippen LogP contribution in [0.15, 0.2) is 42.5 Å². The van der Waals surface area contributed by atoms with Crippen molar-refractivity contribution < 1.29 is 14.5 Å². The quantitative estimate of drug-likeness (QED) is 0.640. The van der Waals surface area contributed by atoms with Crippen LogP contribution in [0.2, 0.25) is 10.0 Å². The number of halogens is 2. The highest BCUT2D eigenvalue weighted by atomic mass is 35.5. The fourth-order valence-electron chi connectivity index (χ4n) is 1.73. The van der Waals surface area contributed by atoms with Gasteiger partial charge in [-0.3, -0.25) is 14.9 Å². The highest BCUT2D eigenvalue weighted by Gasteiger charge is 2.17. The number of hydrogen-bond acceptors (Lipinski definition) is 4. The number of anilines is 1. The van der Waals surface area contributed by atoms with E-state index in [4.69, 9.17) is 27.9 Å². The Morgan fingerprint density at radius 3 is 2.48 bits per heavy atom. The first-order valence-corrected chi connectivity index (χ1v) is 7.29. The first-order valence-electron chi connectivity index (χ1n) is 6.54. The molecule has 8 heteroatoms. The second-order valence-electron chi connectivity index (χ2n) is 4.62. The molecular weight excluding hydrogens is 343 g/mol. The number of nitro groups is 1. The van der Waals surface area contributed by atoms with Gasteiger partial charge in [0, 0.05) is 17.2 Å². The maximum absolute atomic E-state index is 12.1. The van der Waals surface area contributed by atoms with Crippen molar-refractivity contribution >= 4 is 40.5 Å². The van der Waals surface area contributed by atoms with Crippen molar-refractivity contribution in [3.05, 3.63) is 62.6 Å². The van der Waals surface area contributed by atoms with E-state index in [1.54, 1.807) is 19.1 Å². The van der Waals surface area contributed by atoms with Crippen LogP contribution in [-0.2, 0) is 4.79 Å². The van der Waals surface area contributed by atoms with E-state index in [-0.39, 0.29) is 5.69 Å². The van der Waals surface area contributed by atoms with Crippen molar-refractivity contribution in [1.82, 2.24) is 0 Å². The molecule has 0 aliphatic carbocycles. The van der Waals surface area contributed by atoms with Crippen LogP contribution in [0.1, 0.15) is 6.92 Å². The molecule has 0 fully saturated rings. The van der Waals surface area contributed by atoms with E-state index in [0.29, 0.717) is 21.5 Å². The number of rotatable bonds is 5. The Morgan fingerprint density at radius 2 is 1.87 bits per heavy atom. The third-order valence-corrected chi connectivity index (χ3v) is 3.48. The van der Waals surface area contributed by atoms with Crippen LogP contribution in [0.4, 0.5) is 11.4 Å². The molecule has 1 amide bonds. The van der Waals surface area contributed by atoms with Gasteiger partial charge in [0.25, 0.3) is 11.6 Å². The third kappa shape index (κ3) is 4.58. The van der Waals surface area contributed by atoms with E-state index in [0.717, 1.165) is 0 Å². The Bertz CT molecular complexity index is 735. The first-order chi connectivity index (χ1) is 10.9. The standard InChI is InChI=1S/C15H12Cl2N2O4/c1-9(23-12-5-3-11(4-6-12)19(21)22)15(20)18-14-8-10(16)2-7-13(14)17/h2-9H,1H3,(H,18,20)/t9-/m0/s1. The lowest BCUT2D eigenvalue weighted by atomic mass is 10.2. The van der Waals surface area contributed by atoms with E-state index >= 15 is 0 Å². The average molecular weight is 355 g/mol. The van der Waals surface area contributed by atoms with Gasteiger partial charge >= 0.3 is 0 Å². The van der Waals surface area contributed by atoms with Crippen LogP contribution in [0.5, 0.6) is 5.75 Å². The summed E-state index contributed by atoms with van der Waals surface area (Å²) in [4.78, 5) is 22.2. The van der Waals surface area contributed by atoms with Gasteiger partial charge in [-0.2, -0.15) is 0 Å². The van der Waals surface area contributed by atoms with Gasteiger partial charge in [-0.05, 0) is 37.3 Å². The highest BCUT2D eigenvalue weighted by Crippen LogP contribution is 2.26. The Balaban J connectivity index is 2.02. The van der Waals surface area contributed by atoms with Gasteiger partial charge < -0.3 is 10.1 Å². The van der Waals surface area contributed by atoms with E-state index in [1.807, 2.05) is 0 Å². The van der Waals surface area contributed by atoms with Crippen LogP contribution >= 0.6 is 23.2 Å². The summed E-state index contributed by atoms with van der Waals surface area (Å²) in [5.41, 5.74) is 0.323. The lowest BCUT2D eigenvalue weighted by Crippen LogP contribution is -2.30. The minimum Gasteiger partial charge on any atom is -0.481 e. The summed E-state index contributed by atoms with van der Waals surface area (Å²) in [6.45, 7) is 1.55. The van der Waals surface area contributed by atoms with Crippen molar-refractivity contribution in [2.24, 2.45) is 0 Å². The fourth-order valence-corrected chi connectivity index (χ4v) is 2.07. The number of ether oxygens (including phenoxy) is 1. The lowest BCUT2D eigenvalue weighted by molar-refractivity contribution is -0.384. The average Bonchev–Trinajstić information content (AvgIpc) is 2.51. The molecule has 1 atom stereocenters. The van der Waals surface area contributed by atoms with Gasteiger partial charge in [0.15, 0.2) is 6.10 Å². The number of amides is 1. The Kier molecular flexibility index (Phi) is 5.41. The molecule has 0 aromatic heterocycles. The molecule has 0 saturated heterocycles. The van der Waals surface area contributed by atoms with Crippen molar-refractivity contribution in [3.8, 4) is 5.75 Å². The lowest BCUT2D eigenvalue weighted by Gasteiger charge is -2.15. The molecule has 120 valence electrons. The van der Waals surface area contributed by atoms with E-state index in [1.165, 1.54) is 30.3 Å². The summed E-state index contributed by atoms with van der Waals surface area (Å²) in [6, 6.07) is 10.2. The minimum absolute atomic E-state index is 0.0554. The molecular formula is C15H12Cl2N2O4. The maximum Gasteiger partial charge on any atom is 0.269 e. The smallest absolute Gasteiger partial charge is 0.269 e. The van der Waals surface area contributed by atoms with Gasteiger partial charge in [-0.1, -0.05) is 23.2 Å². The summed E-state index contributed by atoms with van der Waals surface area (Å²) >= 11 is 11.8. The molecule has 0 unspecified atom stereocenters. The number of non-ortho nitro benzene ring substituents is 1. The molecule has 2 aromatic rings. The Labute approximate surface area is 142 Å². The third-order valence-electron chi connectivity index (χ3n) is 2.92. The maximum atomic E-state index is 12.1. The second-order valence-corrected chi connectivity index (χ2v) is 5.47. The predicted octanol–water partition coefficient (Wildman–Crippen LogP) is 4.31.